The Kier molecular flexibility index (Phi) is 4.98. The van der Waals surface area contributed by atoms with Gasteiger partial charge in [0, 0.05) is 29.4 Å². The van der Waals surface area contributed by atoms with Gasteiger partial charge in [0.2, 0.25) is 10.0 Å². The number of nitrogens with one attached hydrogen (secondary N) is 2. The van der Waals surface area contributed by atoms with E-state index in [4.69, 9.17) is 4.52 Å². The maximum Gasteiger partial charge on any atom is 0.274 e. The summed E-state index contributed by atoms with van der Waals surface area (Å²) < 4.78 is 36.6. The minimum Gasteiger partial charge on any atom is -0.361 e. The third kappa shape index (κ3) is 3.55. The van der Waals surface area contributed by atoms with E-state index in [-0.39, 0.29) is 22.2 Å². The van der Waals surface area contributed by atoms with Crippen LogP contribution in [0.3, 0.4) is 0 Å². The SMILES string of the molecule is Cc1noc(C)c1-c1cc(S(=O)(=O)NC2CCCC2)c2cc(-n3cccn3)c(=O)[nH]c2c1. The first-order chi connectivity index (χ1) is 15.3. The molecule has 0 amide bonds. The Balaban J connectivity index is 1.77. The number of aromatic amines is 1. The van der Waals surface area contributed by atoms with Crippen LogP contribution in [0.1, 0.15) is 37.1 Å². The second kappa shape index (κ2) is 7.72. The molecule has 166 valence electrons. The first kappa shape index (κ1) is 20.7. The van der Waals surface area contributed by atoms with E-state index in [0.29, 0.717) is 33.5 Å². The molecule has 9 nitrogen and oxygen atoms in total. The third-order valence-electron chi connectivity index (χ3n) is 5.94. The molecule has 0 aliphatic heterocycles. The van der Waals surface area contributed by atoms with Crippen molar-refractivity contribution in [2.24, 2.45) is 0 Å². The van der Waals surface area contributed by atoms with Gasteiger partial charge in [-0.05, 0) is 56.5 Å². The van der Waals surface area contributed by atoms with Crippen LogP contribution in [0.4, 0.5) is 0 Å². The summed E-state index contributed by atoms with van der Waals surface area (Å²) >= 11 is 0. The molecule has 0 unspecified atom stereocenters. The average molecular weight is 454 g/mol. The Bertz CT molecular complexity index is 1440. The van der Waals surface area contributed by atoms with E-state index in [1.54, 1.807) is 50.5 Å². The van der Waals surface area contributed by atoms with Crippen molar-refractivity contribution >= 4 is 20.9 Å². The molecule has 1 aliphatic carbocycles. The predicted octanol–water partition coefficient (Wildman–Crippen LogP) is 3.21. The van der Waals surface area contributed by atoms with E-state index in [0.717, 1.165) is 25.7 Å². The predicted molar refractivity (Wildman–Crippen MR) is 119 cm³/mol. The number of sulfonamides is 1. The molecular weight excluding hydrogens is 430 g/mol. The van der Waals surface area contributed by atoms with Crippen LogP contribution in [-0.4, -0.2) is 34.4 Å². The van der Waals surface area contributed by atoms with Crippen LogP contribution in [-0.2, 0) is 10.0 Å². The van der Waals surface area contributed by atoms with Gasteiger partial charge in [0.15, 0.2) is 0 Å². The summed E-state index contributed by atoms with van der Waals surface area (Å²) in [4.78, 5) is 15.7. The largest absolute Gasteiger partial charge is 0.361 e. The molecule has 0 bridgehead atoms. The van der Waals surface area contributed by atoms with Crippen LogP contribution in [0.25, 0.3) is 27.7 Å². The fraction of sp³-hybridized carbons (Fsp3) is 0.318. The zero-order valence-electron chi connectivity index (χ0n) is 17.8. The summed E-state index contributed by atoms with van der Waals surface area (Å²) in [5, 5.41) is 8.52. The summed E-state index contributed by atoms with van der Waals surface area (Å²) in [5.41, 5.74) is 2.25. The van der Waals surface area contributed by atoms with Crippen LogP contribution in [0, 0.1) is 13.8 Å². The maximum absolute atomic E-state index is 13.5. The molecule has 1 fully saturated rings. The van der Waals surface area contributed by atoms with Gasteiger partial charge >= 0.3 is 0 Å². The van der Waals surface area contributed by atoms with Crippen molar-refractivity contribution in [3.63, 3.8) is 0 Å². The van der Waals surface area contributed by atoms with E-state index in [1.807, 2.05) is 0 Å². The van der Waals surface area contributed by atoms with E-state index in [1.165, 1.54) is 4.68 Å². The lowest BCUT2D eigenvalue weighted by atomic mass is 10.0. The van der Waals surface area contributed by atoms with Crippen LogP contribution < -0.4 is 10.3 Å². The summed E-state index contributed by atoms with van der Waals surface area (Å²) in [6.07, 6.45) is 6.84. The Labute approximate surface area is 184 Å². The molecule has 10 heteroatoms. The molecule has 1 aromatic carbocycles. The summed E-state index contributed by atoms with van der Waals surface area (Å²) in [6.45, 7) is 3.57. The molecule has 0 atom stereocenters. The van der Waals surface area contributed by atoms with Gasteiger partial charge in [-0.3, -0.25) is 4.79 Å². The number of pyridine rings is 1. The van der Waals surface area contributed by atoms with Crippen molar-refractivity contribution in [1.29, 1.82) is 0 Å². The monoisotopic (exact) mass is 453 g/mol. The topological polar surface area (TPSA) is 123 Å². The Hall–Kier alpha value is -3.24. The number of nitrogens with zero attached hydrogens (tertiary/aromatic N) is 3. The average Bonchev–Trinajstić information content (AvgIpc) is 3.50. The van der Waals surface area contributed by atoms with Crippen LogP contribution in [0.2, 0.25) is 0 Å². The molecule has 3 heterocycles. The number of aromatic nitrogens is 4. The van der Waals surface area contributed by atoms with Gasteiger partial charge in [-0.2, -0.15) is 5.10 Å². The summed E-state index contributed by atoms with van der Waals surface area (Å²) in [5.74, 6) is 0.574. The highest BCUT2D eigenvalue weighted by atomic mass is 32.2. The lowest BCUT2D eigenvalue weighted by Crippen LogP contribution is -2.33. The standard InChI is InChI=1S/C22H23N5O4S/c1-13-21(14(2)31-25-13)15-10-18-17(12-19(22(28)24-18)27-9-5-8-23-27)20(11-15)32(29,30)26-16-6-3-4-7-16/h5,8-12,16,26H,3-4,6-7H2,1-2H3,(H,24,28). The number of rotatable bonds is 5. The molecular formula is C22H23N5O4S. The van der Waals surface area contributed by atoms with E-state index < -0.39 is 10.0 Å². The second-order valence-electron chi connectivity index (χ2n) is 8.17. The zero-order chi connectivity index (χ0) is 22.5. The van der Waals surface area contributed by atoms with Crippen molar-refractivity contribution in [2.75, 3.05) is 0 Å². The molecule has 32 heavy (non-hydrogen) atoms. The van der Waals surface area contributed by atoms with Gasteiger partial charge in [0.05, 0.1) is 16.1 Å². The highest BCUT2D eigenvalue weighted by Crippen LogP contribution is 2.34. The molecule has 3 aromatic heterocycles. The third-order valence-corrected chi connectivity index (χ3v) is 7.50. The highest BCUT2D eigenvalue weighted by Gasteiger charge is 2.27. The van der Waals surface area contributed by atoms with Gasteiger partial charge in [-0.1, -0.05) is 18.0 Å². The smallest absolute Gasteiger partial charge is 0.274 e. The van der Waals surface area contributed by atoms with Crippen molar-refractivity contribution in [3.8, 4) is 16.8 Å². The minimum atomic E-state index is -3.86. The molecule has 2 N–H and O–H groups in total. The summed E-state index contributed by atoms with van der Waals surface area (Å²) in [7, 11) is -3.86. The maximum atomic E-state index is 13.5. The van der Waals surface area contributed by atoms with Gasteiger partial charge in [0.1, 0.15) is 11.4 Å². The minimum absolute atomic E-state index is 0.0916. The lowest BCUT2D eigenvalue weighted by Gasteiger charge is -2.16. The molecule has 1 aliphatic rings. The van der Waals surface area contributed by atoms with Gasteiger partial charge in [-0.15, -0.1) is 0 Å². The van der Waals surface area contributed by atoms with E-state index >= 15 is 0 Å². The molecule has 0 saturated heterocycles. The number of hydrogen-bond acceptors (Lipinski definition) is 6. The number of H-pyrrole nitrogens is 1. The van der Waals surface area contributed by atoms with E-state index in [9.17, 15) is 13.2 Å². The van der Waals surface area contributed by atoms with Crippen molar-refractivity contribution < 1.29 is 12.9 Å². The van der Waals surface area contributed by atoms with Crippen molar-refractivity contribution in [1.82, 2.24) is 24.6 Å². The van der Waals surface area contributed by atoms with Crippen LogP contribution >= 0.6 is 0 Å². The quantitative estimate of drug-likeness (QED) is 0.478. The van der Waals surface area contributed by atoms with Crippen LogP contribution in [0.15, 0.2) is 50.9 Å². The zero-order valence-corrected chi connectivity index (χ0v) is 18.6. The fourth-order valence-corrected chi connectivity index (χ4v) is 5.98. The van der Waals surface area contributed by atoms with Gasteiger partial charge in [-0.25, -0.2) is 17.8 Å². The Morgan fingerprint density at radius 2 is 1.97 bits per heavy atom. The first-order valence-corrected chi connectivity index (χ1v) is 12.0. The fourth-order valence-electron chi connectivity index (χ4n) is 4.44. The first-order valence-electron chi connectivity index (χ1n) is 10.5. The Morgan fingerprint density at radius 3 is 2.62 bits per heavy atom. The molecule has 1 saturated carbocycles. The number of aryl methyl sites for hydroxylation is 2. The number of fused-ring (bicyclic) bond motifs is 1. The second-order valence-corrected chi connectivity index (χ2v) is 9.85. The summed E-state index contributed by atoms with van der Waals surface area (Å²) in [6, 6.07) is 6.55. The molecule has 4 aromatic rings. The van der Waals surface area contributed by atoms with E-state index in [2.05, 4.69) is 20.0 Å². The van der Waals surface area contributed by atoms with Crippen molar-refractivity contribution in [3.05, 3.63) is 58.5 Å². The molecule has 0 spiro atoms. The number of benzene rings is 1. The molecule has 0 radical (unpaired) electrons. The van der Waals surface area contributed by atoms with Gasteiger partial charge in [0.25, 0.3) is 5.56 Å². The Morgan fingerprint density at radius 1 is 1.19 bits per heavy atom. The number of hydrogen-bond donors (Lipinski definition) is 2. The van der Waals surface area contributed by atoms with Crippen LogP contribution in [0.5, 0.6) is 0 Å². The van der Waals surface area contributed by atoms with Crippen molar-refractivity contribution in [2.45, 2.75) is 50.5 Å². The molecule has 5 rings (SSSR count). The van der Waals surface area contributed by atoms with Gasteiger partial charge < -0.3 is 9.51 Å². The normalized spacial score (nSPS) is 15.1. The highest BCUT2D eigenvalue weighted by molar-refractivity contribution is 7.89. The lowest BCUT2D eigenvalue weighted by molar-refractivity contribution is 0.393.